The summed E-state index contributed by atoms with van der Waals surface area (Å²) in [4.78, 5) is 23.0. The van der Waals surface area contributed by atoms with Crippen LogP contribution in [0.1, 0.15) is 24.2 Å². The molecule has 0 aliphatic heterocycles. The highest BCUT2D eigenvalue weighted by atomic mass is 79.9. The number of amides is 1. The first-order chi connectivity index (χ1) is 8.86. The highest BCUT2D eigenvalue weighted by molar-refractivity contribution is 9.10. The standard InChI is InChI=1S/C13H16BrNO4/c1-7(2)11(13(17)18)15-12(16)8-4-5-10(19-3)9(14)6-8/h4-7,11H,1-3H3,(H,15,16)(H,17,18)/t11-/m0/s1. The van der Waals surface area contributed by atoms with Crippen LogP contribution in [0.2, 0.25) is 0 Å². The Balaban J connectivity index is 2.89. The van der Waals surface area contributed by atoms with Crippen molar-refractivity contribution in [3.8, 4) is 5.75 Å². The molecule has 0 saturated heterocycles. The van der Waals surface area contributed by atoms with Crippen molar-refractivity contribution in [2.75, 3.05) is 7.11 Å². The number of carbonyl (C=O) groups excluding carboxylic acids is 1. The summed E-state index contributed by atoms with van der Waals surface area (Å²) in [7, 11) is 1.53. The largest absolute Gasteiger partial charge is 0.496 e. The SMILES string of the molecule is COc1ccc(C(=O)N[C@H](C(=O)O)C(C)C)cc1Br. The monoisotopic (exact) mass is 329 g/mol. The molecular weight excluding hydrogens is 314 g/mol. The van der Waals surface area contributed by atoms with Crippen LogP contribution in [0.3, 0.4) is 0 Å². The molecular formula is C13H16BrNO4. The molecule has 0 saturated carbocycles. The highest BCUT2D eigenvalue weighted by Crippen LogP contribution is 2.25. The Hall–Kier alpha value is -1.56. The van der Waals surface area contributed by atoms with E-state index in [0.717, 1.165) is 0 Å². The number of carbonyl (C=O) groups is 2. The molecule has 1 aromatic rings. The molecule has 104 valence electrons. The summed E-state index contributed by atoms with van der Waals surface area (Å²) < 4.78 is 5.70. The van der Waals surface area contributed by atoms with Crippen molar-refractivity contribution >= 4 is 27.8 Å². The van der Waals surface area contributed by atoms with E-state index < -0.39 is 17.9 Å². The molecule has 1 atom stereocenters. The van der Waals surface area contributed by atoms with Crippen molar-refractivity contribution in [1.29, 1.82) is 0 Å². The predicted molar refractivity (Wildman–Crippen MR) is 74.4 cm³/mol. The first-order valence-corrected chi connectivity index (χ1v) is 6.53. The predicted octanol–water partition coefficient (Wildman–Crippen LogP) is 2.30. The van der Waals surface area contributed by atoms with E-state index in [1.807, 2.05) is 0 Å². The van der Waals surface area contributed by atoms with Crippen LogP contribution in [0.4, 0.5) is 0 Å². The van der Waals surface area contributed by atoms with Crippen molar-refractivity contribution in [2.45, 2.75) is 19.9 Å². The van der Waals surface area contributed by atoms with Gasteiger partial charge in [-0.3, -0.25) is 4.79 Å². The lowest BCUT2D eigenvalue weighted by Crippen LogP contribution is -2.44. The van der Waals surface area contributed by atoms with Crippen molar-refractivity contribution in [3.05, 3.63) is 28.2 Å². The molecule has 0 fully saturated rings. The molecule has 6 heteroatoms. The number of aliphatic carboxylic acids is 1. The van der Waals surface area contributed by atoms with Gasteiger partial charge in [0.25, 0.3) is 5.91 Å². The Labute approximate surface area is 120 Å². The third-order valence-electron chi connectivity index (χ3n) is 2.63. The van der Waals surface area contributed by atoms with Gasteiger partial charge in [0.05, 0.1) is 11.6 Å². The summed E-state index contributed by atoms with van der Waals surface area (Å²) in [5, 5.41) is 11.5. The minimum Gasteiger partial charge on any atom is -0.496 e. The second-order valence-corrected chi connectivity index (χ2v) is 5.24. The molecule has 0 aliphatic carbocycles. The maximum atomic E-state index is 12.0. The van der Waals surface area contributed by atoms with Crippen molar-refractivity contribution in [3.63, 3.8) is 0 Å². The third-order valence-corrected chi connectivity index (χ3v) is 3.25. The molecule has 1 aromatic carbocycles. The van der Waals surface area contributed by atoms with Gasteiger partial charge in [-0.05, 0) is 40.0 Å². The fourth-order valence-corrected chi connectivity index (χ4v) is 2.09. The Morgan fingerprint density at radius 3 is 2.42 bits per heavy atom. The number of ether oxygens (including phenoxy) is 1. The molecule has 2 N–H and O–H groups in total. The fourth-order valence-electron chi connectivity index (χ4n) is 1.55. The van der Waals surface area contributed by atoms with Crippen molar-refractivity contribution < 1.29 is 19.4 Å². The number of rotatable bonds is 5. The molecule has 19 heavy (non-hydrogen) atoms. The summed E-state index contributed by atoms with van der Waals surface area (Å²) in [5.74, 6) is -1.06. The van der Waals surface area contributed by atoms with E-state index in [1.165, 1.54) is 7.11 Å². The summed E-state index contributed by atoms with van der Waals surface area (Å²) in [6.45, 7) is 3.48. The van der Waals surface area contributed by atoms with Gasteiger partial charge >= 0.3 is 5.97 Å². The number of methoxy groups -OCH3 is 1. The minimum atomic E-state index is -1.05. The number of carboxylic acid groups (broad SMARTS) is 1. The number of halogens is 1. The van der Waals surface area contributed by atoms with E-state index in [1.54, 1.807) is 32.0 Å². The molecule has 5 nitrogen and oxygen atoms in total. The van der Waals surface area contributed by atoms with Gasteiger partial charge in [0, 0.05) is 5.56 Å². The molecule has 0 radical (unpaired) electrons. The third kappa shape index (κ3) is 3.96. The fraction of sp³-hybridized carbons (Fsp3) is 0.385. The molecule has 0 bridgehead atoms. The van der Waals surface area contributed by atoms with Gasteiger partial charge < -0.3 is 15.2 Å². The van der Waals surface area contributed by atoms with Crippen LogP contribution in [0, 0.1) is 5.92 Å². The van der Waals surface area contributed by atoms with Gasteiger partial charge in [-0.2, -0.15) is 0 Å². The van der Waals surface area contributed by atoms with Crippen LogP contribution < -0.4 is 10.1 Å². The van der Waals surface area contributed by atoms with E-state index in [2.05, 4.69) is 21.2 Å². The lowest BCUT2D eigenvalue weighted by Gasteiger charge is -2.18. The first kappa shape index (κ1) is 15.5. The maximum absolute atomic E-state index is 12.0. The Bertz CT molecular complexity index is 488. The quantitative estimate of drug-likeness (QED) is 0.869. The number of hydrogen-bond donors (Lipinski definition) is 2. The van der Waals surface area contributed by atoms with E-state index in [-0.39, 0.29) is 5.92 Å². The highest BCUT2D eigenvalue weighted by Gasteiger charge is 2.24. The van der Waals surface area contributed by atoms with Gasteiger partial charge in [-0.25, -0.2) is 4.79 Å². The number of hydrogen-bond acceptors (Lipinski definition) is 3. The summed E-state index contributed by atoms with van der Waals surface area (Å²) >= 11 is 3.28. The average Bonchev–Trinajstić information content (AvgIpc) is 2.34. The Morgan fingerprint density at radius 2 is 2.00 bits per heavy atom. The molecule has 0 aliphatic rings. The van der Waals surface area contributed by atoms with Gasteiger partial charge in [-0.1, -0.05) is 13.8 Å². The summed E-state index contributed by atoms with van der Waals surface area (Å²) in [6.07, 6.45) is 0. The lowest BCUT2D eigenvalue weighted by molar-refractivity contribution is -0.140. The van der Waals surface area contributed by atoms with Gasteiger partial charge in [-0.15, -0.1) is 0 Å². The number of carboxylic acids is 1. The van der Waals surface area contributed by atoms with Crippen LogP contribution in [-0.4, -0.2) is 30.1 Å². The number of nitrogens with one attached hydrogen (secondary N) is 1. The van der Waals surface area contributed by atoms with Crippen LogP contribution in [0.25, 0.3) is 0 Å². The Morgan fingerprint density at radius 1 is 1.37 bits per heavy atom. The second kappa shape index (κ2) is 6.56. The van der Waals surface area contributed by atoms with E-state index in [4.69, 9.17) is 9.84 Å². The average molecular weight is 330 g/mol. The minimum absolute atomic E-state index is 0.192. The molecule has 1 rings (SSSR count). The van der Waals surface area contributed by atoms with Crippen LogP contribution >= 0.6 is 15.9 Å². The zero-order valence-electron chi connectivity index (χ0n) is 10.9. The molecule has 0 heterocycles. The topological polar surface area (TPSA) is 75.6 Å². The molecule has 0 aromatic heterocycles. The molecule has 0 unspecified atom stereocenters. The van der Waals surface area contributed by atoms with E-state index in [0.29, 0.717) is 15.8 Å². The zero-order chi connectivity index (χ0) is 14.6. The lowest BCUT2D eigenvalue weighted by atomic mass is 10.0. The zero-order valence-corrected chi connectivity index (χ0v) is 12.5. The Kier molecular flexibility index (Phi) is 5.35. The number of benzene rings is 1. The van der Waals surface area contributed by atoms with Crippen molar-refractivity contribution in [1.82, 2.24) is 5.32 Å². The van der Waals surface area contributed by atoms with Crippen LogP contribution in [-0.2, 0) is 4.79 Å². The molecule has 0 spiro atoms. The summed E-state index contributed by atoms with van der Waals surface area (Å²) in [5.41, 5.74) is 0.375. The van der Waals surface area contributed by atoms with E-state index in [9.17, 15) is 9.59 Å². The maximum Gasteiger partial charge on any atom is 0.326 e. The second-order valence-electron chi connectivity index (χ2n) is 4.38. The normalized spacial score (nSPS) is 12.1. The van der Waals surface area contributed by atoms with Crippen molar-refractivity contribution in [2.24, 2.45) is 5.92 Å². The van der Waals surface area contributed by atoms with E-state index >= 15 is 0 Å². The van der Waals surface area contributed by atoms with Gasteiger partial charge in [0.1, 0.15) is 11.8 Å². The van der Waals surface area contributed by atoms with Gasteiger partial charge in [0.2, 0.25) is 0 Å². The summed E-state index contributed by atoms with van der Waals surface area (Å²) in [6, 6.07) is 3.91. The van der Waals surface area contributed by atoms with Crippen LogP contribution in [0.15, 0.2) is 22.7 Å². The molecule has 1 amide bonds. The smallest absolute Gasteiger partial charge is 0.326 e. The first-order valence-electron chi connectivity index (χ1n) is 5.74. The van der Waals surface area contributed by atoms with Crippen LogP contribution in [0.5, 0.6) is 5.75 Å². The van der Waals surface area contributed by atoms with Gasteiger partial charge in [0.15, 0.2) is 0 Å².